The number of ether oxygens (including phenoxy) is 1. The quantitative estimate of drug-likeness (QED) is 0.860. The number of hydrogen-bond acceptors (Lipinski definition) is 4. The molecule has 0 amide bonds. The van der Waals surface area contributed by atoms with Crippen LogP contribution in [0.2, 0.25) is 0 Å². The number of hydrogen-bond donors (Lipinski definition) is 1. The number of halogens is 2. The van der Waals surface area contributed by atoms with Crippen molar-refractivity contribution < 1.29 is 18.6 Å². The van der Waals surface area contributed by atoms with E-state index < -0.39 is 6.43 Å². The Morgan fingerprint density at radius 1 is 1.15 bits per heavy atom. The molecule has 2 aliphatic rings. The lowest BCUT2D eigenvalue weighted by Crippen LogP contribution is -2.20. The number of rotatable bonds is 5. The summed E-state index contributed by atoms with van der Waals surface area (Å²) in [5, 5.41) is 17.9. The van der Waals surface area contributed by atoms with Crippen molar-refractivity contribution in [1.29, 1.82) is 0 Å². The second-order valence-electron chi connectivity index (χ2n) is 7.59. The van der Waals surface area contributed by atoms with E-state index in [2.05, 4.69) is 10.2 Å². The minimum atomic E-state index is -2.65. The monoisotopic (exact) mass is 380 g/mol. The van der Waals surface area contributed by atoms with Crippen molar-refractivity contribution in [3.8, 4) is 5.69 Å². The third-order valence-electron chi connectivity index (χ3n) is 5.94. The van der Waals surface area contributed by atoms with Crippen molar-refractivity contribution in [2.24, 2.45) is 5.92 Å². The molecule has 0 aromatic carbocycles. The first-order chi connectivity index (χ1) is 13.2. The summed E-state index contributed by atoms with van der Waals surface area (Å²) in [5.74, 6) is 0.576. The van der Waals surface area contributed by atoms with E-state index in [4.69, 9.17) is 4.74 Å². The fourth-order valence-corrected chi connectivity index (χ4v) is 4.31. The summed E-state index contributed by atoms with van der Waals surface area (Å²) >= 11 is 0. The van der Waals surface area contributed by atoms with Crippen LogP contribution >= 0.6 is 0 Å². The Labute approximate surface area is 157 Å². The largest absolute Gasteiger partial charge is 0.396 e. The molecule has 0 unspecified atom stereocenters. The zero-order chi connectivity index (χ0) is 18.8. The summed E-state index contributed by atoms with van der Waals surface area (Å²) in [6, 6.07) is 2.01. The summed E-state index contributed by atoms with van der Waals surface area (Å²) < 4.78 is 36.2. The molecule has 0 atom stereocenters. The number of aromatic nitrogens is 4. The standard InChI is InChI=1S/C19H26F2N4O2/c20-19(21)18-17(11-24(23-18)15-3-1-13(12-26)2-4-15)25-16(5-8-22-25)14-6-9-27-10-7-14/h5,8,11,13-15,19,26H,1-4,6-7,9-10,12H2. The van der Waals surface area contributed by atoms with E-state index in [1.807, 2.05) is 6.07 Å². The molecule has 2 aromatic heterocycles. The van der Waals surface area contributed by atoms with E-state index in [1.54, 1.807) is 21.8 Å². The highest BCUT2D eigenvalue weighted by Gasteiger charge is 2.28. The molecule has 1 aliphatic heterocycles. The first kappa shape index (κ1) is 18.6. The van der Waals surface area contributed by atoms with Crippen LogP contribution < -0.4 is 0 Å². The Hall–Kier alpha value is -1.80. The molecule has 1 saturated carbocycles. The number of alkyl halides is 2. The third-order valence-corrected chi connectivity index (χ3v) is 5.94. The van der Waals surface area contributed by atoms with Crippen molar-refractivity contribution in [1.82, 2.24) is 19.6 Å². The van der Waals surface area contributed by atoms with Gasteiger partial charge < -0.3 is 9.84 Å². The molecule has 8 heteroatoms. The van der Waals surface area contributed by atoms with E-state index in [1.165, 1.54) is 0 Å². The van der Waals surface area contributed by atoms with Crippen LogP contribution in [0.3, 0.4) is 0 Å². The molecule has 4 rings (SSSR count). The van der Waals surface area contributed by atoms with Gasteiger partial charge in [-0.15, -0.1) is 0 Å². The van der Waals surface area contributed by atoms with E-state index >= 15 is 0 Å². The van der Waals surface area contributed by atoms with Crippen LogP contribution in [0.25, 0.3) is 5.69 Å². The van der Waals surface area contributed by atoms with Crippen LogP contribution in [0.1, 0.15) is 68.3 Å². The van der Waals surface area contributed by atoms with Crippen molar-refractivity contribution in [2.75, 3.05) is 19.8 Å². The number of aliphatic hydroxyl groups is 1. The van der Waals surface area contributed by atoms with Gasteiger partial charge in [-0.2, -0.15) is 10.2 Å². The first-order valence-electron chi connectivity index (χ1n) is 9.77. The minimum absolute atomic E-state index is 0.0983. The van der Waals surface area contributed by atoms with Gasteiger partial charge >= 0.3 is 0 Å². The predicted octanol–water partition coefficient (Wildman–Crippen LogP) is 3.62. The van der Waals surface area contributed by atoms with Gasteiger partial charge in [0.25, 0.3) is 6.43 Å². The fourth-order valence-electron chi connectivity index (χ4n) is 4.31. The number of aliphatic hydroxyl groups excluding tert-OH is 1. The second-order valence-corrected chi connectivity index (χ2v) is 7.59. The normalized spacial score (nSPS) is 24.6. The summed E-state index contributed by atoms with van der Waals surface area (Å²) in [5.41, 5.74) is 1.11. The Morgan fingerprint density at radius 3 is 2.56 bits per heavy atom. The molecule has 1 aliphatic carbocycles. The third kappa shape index (κ3) is 3.78. The lowest BCUT2D eigenvalue weighted by Gasteiger charge is -2.27. The summed E-state index contributed by atoms with van der Waals surface area (Å²) in [7, 11) is 0. The SMILES string of the molecule is OCC1CCC(n2cc(-n3nccc3C3CCOCC3)c(C(F)F)n2)CC1. The molecule has 148 valence electrons. The Balaban J connectivity index is 1.63. The van der Waals surface area contributed by atoms with Gasteiger partial charge in [-0.1, -0.05) is 0 Å². The summed E-state index contributed by atoms with van der Waals surface area (Å²) in [4.78, 5) is 0. The van der Waals surface area contributed by atoms with Crippen LogP contribution in [0.15, 0.2) is 18.5 Å². The van der Waals surface area contributed by atoms with Crippen molar-refractivity contribution in [3.05, 3.63) is 29.8 Å². The smallest absolute Gasteiger partial charge is 0.284 e. The van der Waals surface area contributed by atoms with Gasteiger partial charge in [-0.05, 0) is 50.5 Å². The van der Waals surface area contributed by atoms with Crippen molar-refractivity contribution >= 4 is 0 Å². The molecule has 6 nitrogen and oxygen atoms in total. The first-order valence-corrected chi connectivity index (χ1v) is 9.77. The highest BCUT2D eigenvalue weighted by molar-refractivity contribution is 5.37. The molecule has 0 bridgehead atoms. The maximum Gasteiger partial charge on any atom is 0.284 e. The van der Waals surface area contributed by atoms with Crippen LogP contribution in [0.4, 0.5) is 8.78 Å². The Morgan fingerprint density at radius 2 is 1.89 bits per heavy atom. The van der Waals surface area contributed by atoms with Gasteiger partial charge in [-0.3, -0.25) is 4.68 Å². The highest BCUT2D eigenvalue weighted by atomic mass is 19.3. The van der Waals surface area contributed by atoms with Crippen LogP contribution in [-0.2, 0) is 4.74 Å². The average Bonchev–Trinajstić information content (AvgIpc) is 3.36. The maximum atomic E-state index is 13.7. The van der Waals surface area contributed by atoms with Crippen molar-refractivity contribution in [3.63, 3.8) is 0 Å². The van der Waals surface area contributed by atoms with Crippen molar-refractivity contribution in [2.45, 2.75) is 56.9 Å². The molecule has 2 aromatic rings. The lowest BCUT2D eigenvalue weighted by atomic mass is 9.87. The zero-order valence-electron chi connectivity index (χ0n) is 15.3. The van der Waals surface area contributed by atoms with Crippen LogP contribution in [-0.4, -0.2) is 44.5 Å². The topological polar surface area (TPSA) is 65.1 Å². The lowest BCUT2D eigenvalue weighted by molar-refractivity contribution is 0.0839. The maximum absolute atomic E-state index is 13.7. The molecule has 27 heavy (non-hydrogen) atoms. The van der Waals surface area contributed by atoms with E-state index in [-0.39, 0.29) is 24.3 Å². The molecule has 1 saturated heterocycles. The van der Waals surface area contributed by atoms with Gasteiger partial charge in [0.2, 0.25) is 0 Å². The van der Waals surface area contributed by atoms with E-state index in [0.29, 0.717) is 24.8 Å². The van der Waals surface area contributed by atoms with Crippen LogP contribution in [0.5, 0.6) is 0 Å². The van der Waals surface area contributed by atoms with Gasteiger partial charge in [-0.25, -0.2) is 13.5 Å². The highest BCUT2D eigenvalue weighted by Crippen LogP contribution is 2.35. The molecule has 2 fully saturated rings. The van der Waals surface area contributed by atoms with E-state index in [9.17, 15) is 13.9 Å². The number of nitrogens with zero attached hydrogens (tertiary/aromatic N) is 4. The molecular weight excluding hydrogens is 354 g/mol. The Kier molecular flexibility index (Phi) is 5.54. The second kappa shape index (κ2) is 8.06. The summed E-state index contributed by atoms with van der Waals surface area (Å²) in [6.45, 7) is 1.57. The van der Waals surface area contributed by atoms with Gasteiger partial charge in [0.05, 0.1) is 12.2 Å². The molecule has 3 heterocycles. The minimum Gasteiger partial charge on any atom is -0.396 e. The van der Waals surface area contributed by atoms with Gasteiger partial charge in [0.15, 0.2) is 5.69 Å². The average molecular weight is 380 g/mol. The predicted molar refractivity (Wildman–Crippen MR) is 95.2 cm³/mol. The van der Waals surface area contributed by atoms with Gasteiger partial charge in [0.1, 0.15) is 5.69 Å². The van der Waals surface area contributed by atoms with E-state index in [0.717, 1.165) is 44.2 Å². The van der Waals surface area contributed by atoms with Gasteiger partial charge in [0, 0.05) is 37.6 Å². The molecular formula is C19H26F2N4O2. The zero-order valence-corrected chi connectivity index (χ0v) is 15.3. The molecule has 0 spiro atoms. The summed E-state index contributed by atoms with van der Waals surface area (Å²) in [6.07, 6.45) is 5.98. The van der Waals surface area contributed by atoms with Crippen LogP contribution in [0, 0.1) is 5.92 Å². The fraction of sp³-hybridized carbons (Fsp3) is 0.684. The molecule has 1 N–H and O–H groups in total. The molecule has 0 radical (unpaired) electrons. The Bertz CT molecular complexity index is 747.